The van der Waals surface area contributed by atoms with Crippen LogP contribution in [-0.2, 0) is 21.2 Å². The minimum absolute atomic E-state index is 0.0485. The Kier molecular flexibility index (Phi) is 9.27. The summed E-state index contributed by atoms with van der Waals surface area (Å²) in [6, 6.07) is 12.5. The van der Waals surface area contributed by atoms with Crippen molar-refractivity contribution < 1.29 is 27.8 Å². The second kappa shape index (κ2) is 12.4. The summed E-state index contributed by atoms with van der Waals surface area (Å²) < 4.78 is 40.8. The zero-order valence-corrected chi connectivity index (χ0v) is 22.7. The number of aliphatic hydroxyl groups excluding tert-OH is 1. The molecule has 0 radical (unpaired) electrons. The molecular formula is C29H39NO6S. The van der Waals surface area contributed by atoms with Gasteiger partial charge in [0.2, 0.25) is 0 Å². The Morgan fingerprint density at radius 3 is 2.27 bits per heavy atom. The number of rotatable bonds is 7. The predicted octanol–water partition coefficient (Wildman–Crippen LogP) is 5.00. The van der Waals surface area contributed by atoms with Crippen molar-refractivity contribution in [2.45, 2.75) is 69.8 Å². The first-order valence-corrected chi connectivity index (χ1v) is 15.0. The number of sulfonamides is 1. The number of fused-ring (bicyclic) bond motifs is 1. The van der Waals surface area contributed by atoms with Crippen LogP contribution in [0, 0.1) is 11.8 Å². The number of carbonyl (C=O) groups excluding carboxylic acids is 1. The average molecular weight is 530 g/mol. The number of hydrogen-bond acceptors (Lipinski definition) is 6. The van der Waals surface area contributed by atoms with Crippen LogP contribution >= 0.6 is 0 Å². The van der Waals surface area contributed by atoms with Gasteiger partial charge >= 0.3 is 0 Å². The minimum Gasteiger partial charge on any atom is -0.489 e. The first-order chi connectivity index (χ1) is 17.9. The fraction of sp³-hybridized carbons (Fsp3) is 0.552. The van der Waals surface area contributed by atoms with E-state index in [-0.39, 0.29) is 29.8 Å². The lowest BCUT2D eigenvalue weighted by atomic mass is 9.85. The van der Waals surface area contributed by atoms with E-state index in [1.54, 1.807) is 19.1 Å². The molecule has 202 valence electrons. The van der Waals surface area contributed by atoms with Gasteiger partial charge in [0.15, 0.2) is 5.78 Å². The van der Waals surface area contributed by atoms with Gasteiger partial charge in [0.1, 0.15) is 11.9 Å². The lowest BCUT2D eigenvalue weighted by molar-refractivity contribution is 0.0119. The number of carbonyl (C=O) groups is 1. The Morgan fingerprint density at radius 1 is 1.00 bits per heavy atom. The molecule has 1 saturated heterocycles. The second-order valence-corrected chi connectivity index (χ2v) is 11.9. The molecule has 2 aliphatic heterocycles. The van der Waals surface area contributed by atoms with Gasteiger partial charge < -0.3 is 14.6 Å². The van der Waals surface area contributed by atoms with Gasteiger partial charge in [-0.3, -0.25) is 9.10 Å². The summed E-state index contributed by atoms with van der Waals surface area (Å²) in [7, 11) is -3.83. The van der Waals surface area contributed by atoms with Crippen LogP contribution in [0.1, 0.15) is 68.3 Å². The molecule has 1 atom stereocenters. The van der Waals surface area contributed by atoms with Crippen LogP contribution in [-0.4, -0.2) is 51.8 Å². The SMILES string of the molecule is CCO.CCc1ccc(N(CC2CCC2)S(=O)(=O)c2ccc3c(c2)C(=O)CC(C2CCOCC2)O3)cc1. The summed E-state index contributed by atoms with van der Waals surface area (Å²) in [6.45, 7) is 5.86. The van der Waals surface area contributed by atoms with Gasteiger partial charge in [-0.05, 0) is 80.8 Å². The van der Waals surface area contributed by atoms with Crippen LogP contribution in [0.15, 0.2) is 47.4 Å². The molecule has 1 saturated carbocycles. The van der Waals surface area contributed by atoms with Gasteiger partial charge in [-0.15, -0.1) is 0 Å². The van der Waals surface area contributed by atoms with Gasteiger partial charge in [-0.25, -0.2) is 8.42 Å². The summed E-state index contributed by atoms with van der Waals surface area (Å²) >= 11 is 0. The van der Waals surface area contributed by atoms with Crippen molar-refractivity contribution in [2.24, 2.45) is 11.8 Å². The third-order valence-corrected chi connectivity index (χ3v) is 9.37. The smallest absolute Gasteiger partial charge is 0.264 e. The summed E-state index contributed by atoms with van der Waals surface area (Å²) in [6.07, 6.45) is 6.01. The molecule has 0 amide bonds. The van der Waals surface area contributed by atoms with E-state index in [9.17, 15) is 13.2 Å². The van der Waals surface area contributed by atoms with Crippen molar-refractivity contribution in [3.63, 3.8) is 0 Å². The molecule has 2 aromatic rings. The van der Waals surface area contributed by atoms with Gasteiger partial charge in [-0.2, -0.15) is 0 Å². The van der Waals surface area contributed by atoms with Crippen LogP contribution in [0.3, 0.4) is 0 Å². The molecule has 5 rings (SSSR count). The summed E-state index contributed by atoms with van der Waals surface area (Å²) in [5, 5.41) is 7.57. The van der Waals surface area contributed by atoms with Crippen LogP contribution in [0.25, 0.3) is 0 Å². The Bertz CT molecular complexity index is 1150. The third-order valence-electron chi connectivity index (χ3n) is 7.58. The van der Waals surface area contributed by atoms with Crippen LogP contribution in [0.2, 0.25) is 0 Å². The molecule has 37 heavy (non-hydrogen) atoms. The Morgan fingerprint density at radius 2 is 1.68 bits per heavy atom. The molecule has 8 heteroatoms. The van der Waals surface area contributed by atoms with Crippen LogP contribution < -0.4 is 9.04 Å². The predicted molar refractivity (Wildman–Crippen MR) is 144 cm³/mol. The summed E-state index contributed by atoms with van der Waals surface area (Å²) in [4.78, 5) is 13.2. The normalized spacial score (nSPS) is 20.2. The van der Waals surface area contributed by atoms with E-state index in [1.165, 1.54) is 15.9 Å². The monoisotopic (exact) mass is 529 g/mol. The Labute approximate surface area is 220 Å². The number of hydrogen-bond donors (Lipinski definition) is 1. The first-order valence-electron chi connectivity index (χ1n) is 13.5. The van der Waals surface area contributed by atoms with Crippen molar-refractivity contribution in [1.29, 1.82) is 0 Å². The van der Waals surface area contributed by atoms with Crippen molar-refractivity contribution in [1.82, 2.24) is 0 Å². The van der Waals surface area contributed by atoms with Gasteiger partial charge in [-0.1, -0.05) is 25.5 Å². The van der Waals surface area contributed by atoms with Crippen molar-refractivity contribution in [2.75, 3.05) is 30.7 Å². The highest BCUT2D eigenvalue weighted by molar-refractivity contribution is 7.92. The second-order valence-electron chi connectivity index (χ2n) is 10.1. The van der Waals surface area contributed by atoms with Crippen LogP contribution in [0.5, 0.6) is 5.75 Å². The maximum absolute atomic E-state index is 13.8. The molecular weight excluding hydrogens is 490 g/mol. The Balaban J connectivity index is 0.00000102. The molecule has 1 aliphatic carbocycles. The molecule has 2 heterocycles. The fourth-order valence-corrected chi connectivity index (χ4v) is 6.68. The number of benzene rings is 2. The van der Waals surface area contributed by atoms with Gasteiger partial charge in [0.25, 0.3) is 10.0 Å². The molecule has 0 spiro atoms. The molecule has 0 aromatic heterocycles. The number of aliphatic hydroxyl groups is 1. The van der Waals surface area contributed by atoms with Crippen molar-refractivity contribution in [3.8, 4) is 5.75 Å². The first kappa shape index (κ1) is 27.6. The van der Waals surface area contributed by atoms with Gasteiger partial charge in [0.05, 0.1) is 16.1 Å². The van der Waals surface area contributed by atoms with E-state index in [4.69, 9.17) is 14.6 Å². The number of aryl methyl sites for hydroxylation is 1. The van der Waals surface area contributed by atoms with Gasteiger partial charge in [0, 0.05) is 38.7 Å². The highest BCUT2D eigenvalue weighted by Gasteiger charge is 2.35. The molecule has 2 aromatic carbocycles. The molecule has 1 unspecified atom stereocenters. The molecule has 3 aliphatic rings. The molecule has 2 fully saturated rings. The largest absolute Gasteiger partial charge is 0.489 e. The molecule has 0 bridgehead atoms. The Hall–Kier alpha value is -2.42. The maximum Gasteiger partial charge on any atom is 0.264 e. The number of Topliss-reactive ketones (excluding diaryl/α,β-unsaturated/α-hetero) is 1. The summed E-state index contributed by atoms with van der Waals surface area (Å²) in [5.74, 6) is 1.10. The van der Waals surface area contributed by atoms with Crippen molar-refractivity contribution in [3.05, 3.63) is 53.6 Å². The topological polar surface area (TPSA) is 93.1 Å². The van der Waals surface area contributed by atoms with E-state index in [2.05, 4.69) is 6.92 Å². The highest BCUT2D eigenvalue weighted by Crippen LogP contribution is 2.37. The quantitative estimate of drug-likeness (QED) is 0.542. The minimum atomic E-state index is -3.83. The van der Waals surface area contributed by atoms with E-state index >= 15 is 0 Å². The number of nitrogens with zero attached hydrogens (tertiary/aromatic N) is 1. The molecule has 7 nitrogen and oxygen atoms in total. The lowest BCUT2D eigenvalue weighted by Gasteiger charge is -2.34. The van der Waals surface area contributed by atoms with E-state index in [0.29, 0.717) is 48.6 Å². The maximum atomic E-state index is 13.8. The fourth-order valence-electron chi connectivity index (χ4n) is 5.12. The number of ether oxygens (including phenoxy) is 2. The number of ketones is 1. The standard InChI is InChI=1S/C27H33NO5S.C2H6O/c1-2-19-6-8-22(9-7-19)28(18-20-4-3-5-20)34(30,31)23-10-11-26-24(16-23)25(29)17-27(33-26)21-12-14-32-15-13-21;1-2-3/h6-11,16,20-21,27H,2-5,12-15,17-18H2,1H3;3H,2H2,1H3. The lowest BCUT2D eigenvalue weighted by Crippen LogP contribution is -2.38. The molecule has 1 N–H and O–H groups in total. The zero-order chi connectivity index (χ0) is 26.4. The zero-order valence-electron chi connectivity index (χ0n) is 21.9. The van der Waals surface area contributed by atoms with Crippen molar-refractivity contribution >= 4 is 21.5 Å². The number of anilines is 1. The third kappa shape index (κ3) is 6.36. The van der Waals surface area contributed by atoms with Crippen LogP contribution in [0.4, 0.5) is 5.69 Å². The van der Waals surface area contributed by atoms with E-state index < -0.39 is 10.0 Å². The highest BCUT2D eigenvalue weighted by atomic mass is 32.2. The summed E-state index contributed by atoms with van der Waals surface area (Å²) in [5.41, 5.74) is 2.21. The van der Waals surface area contributed by atoms with E-state index in [1.807, 2.05) is 24.3 Å². The van der Waals surface area contributed by atoms with E-state index in [0.717, 1.165) is 38.5 Å². The average Bonchev–Trinajstić information content (AvgIpc) is 2.89.